The molecule has 3 aromatic rings. The number of carbonyl (C=O) groups is 1. The predicted octanol–water partition coefficient (Wildman–Crippen LogP) is 4.88. The number of pyridine rings is 1. The Morgan fingerprint density at radius 1 is 1.12 bits per heavy atom. The summed E-state index contributed by atoms with van der Waals surface area (Å²) in [6.45, 7) is 10.0. The van der Waals surface area contributed by atoms with E-state index in [-0.39, 0.29) is 5.69 Å². The fourth-order valence-corrected chi connectivity index (χ4v) is 3.81. The number of benzene rings is 1. The number of aliphatic imine (C=N–C) groups is 1. The van der Waals surface area contributed by atoms with Crippen LogP contribution in [0.1, 0.15) is 23.0 Å². The molecule has 0 bridgehead atoms. The van der Waals surface area contributed by atoms with E-state index in [0.29, 0.717) is 37.1 Å². The molecule has 3 rings (SSSR count). The maximum absolute atomic E-state index is 11.9. The SMILES string of the molecule is CCOC(=O)c1cn2cc(Oc3ccc(C(C=CN)=NCOCC[Si](C)(C)C)cc3)ccc2n1. The molecule has 0 radical (unpaired) electrons. The van der Waals surface area contributed by atoms with E-state index < -0.39 is 14.0 Å². The Bertz CT molecular complexity index is 1160. The second-order valence-corrected chi connectivity index (χ2v) is 14.5. The molecule has 0 unspecified atom stereocenters. The van der Waals surface area contributed by atoms with Crippen LogP contribution in [0.3, 0.4) is 0 Å². The van der Waals surface area contributed by atoms with Crippen LogP contribution in [0.2, 0.25) is 25.7 Å². The van der Waals surface area contributed by atoms with E-state index in [9.17, 15) is 4.79 Å². The largest absolute Gasteiger partial charge is 0.461 e. The topological polar surface area (TPSA) is 100 Å². The highest BCUT2D eigenvalue weighted by atomic mass is 28.3. The highest BCUT2D eigenvalue weighted by Crippen LogP contribution is 2.23. The summed E-state index contributed by atoms with van der Waals surface area (Å²) in [5.74, 6) is 0.825. The van der Waals surface area contributed by atoms with E-state index in [0.717, 1.165) is 17.3 Å². The molecular weight excluding hydrogens is 448 g/mol. The molecule has 0 aliphatic rings. The van der Waals surface area contributed by atoms with E-state index in [4.69, 9.17) is 19.9 Å². The maximum atomic E-state index is 11.9. The fourth-order valence-electron chi connectivity index (χ4n) is 3.05. The summed E-state index contributed by atoms with van der Waals surface area (Å²) in [6.07, 6.45) is 6.61. The zero-order valence-electron chi connectivity index (χ0n) is 20.2. The van der Waals surface area contributed by atoms with Crippen molar-refractivity contribution in [2.75, 3.05) is 19.9 Å². The molecule has 9 heteroatoms. The first kappa shape index (κ1) is 25.2. The number of fused-ring (bicyclic) bond motifs is 1. The van der Waals surface area contributed by atoms with Crippen LogP contribution in [0.15, 0.2) is 66.1 Å². The van der Waals surface area contributed by atoms with Gasteiger partial charge in [-0.2, -0.15) is 0 Å². The average Bonchev–Trinajstić information content (AvgIpc) is 3.22. The van der Waals surface area contributed by atoms with Gasteiger partial charge in [-0.05, 0) is 61.6 Å². The zero-order valence-corrected chi connectivity index (χ0v) is 21.2. The van der Waals surface area contributed by atoms with E-state index in [1.54, 1.807) is 41.9 Å². The van der Waals surface area contributed by atoms with Crippen molar-refractivity contribution in [1.29, 1.82) is 0 Å². The highest BCUT2D eigenvalue weighted by molar-refractivity contribution is 6.76. The first-order chi connectivity index (χ1) is 16.3. The normalized spacial score (nSPS) is 12.4. The van der Waals surface area contributed by atoms with Crippen LogP contribution in [-0.4, -0.2) is 49.1 Å². The smallest absolute Gasteiger partial charge is 0.358 e. The number of esters is 1. The predicted molar refractivity (Wildman–Crippen MR) is 137 cm³/mol. The number of hydrogen-bond donors (Lipinski definition) is 1. The van der Waals surface area contributed by atoms with Crippen molar-refractivity contribution in [2.24, 2.45) is 10.7 Å². The molecule has 2 heterocycles. The van der Waals surface area contributed by atoms with Gasteiger partial charge in [0, 0.05) is 26.4 Å². The van der Waals surface area contributed by atoms with Gasteiger partial charge in [0.15, 0.2) is 5.69 Å². The molecule has 0 saturated heterocycles. The van der Waals surface area contributed by atoms with Gasteiger partial charge in [-0.3, -0.25) is 4.99 Å². The molecule has 0 fully saturated rings. The van der Waals surface area contributed by atoms with Gasteiger partial charge in [-0.15, -0.1) is 0 Å². The van der Waals surface area contributed by atoms with Crippen molar-refractivity contribution in [3.63, 3.8) is 0 Å². The Morgan fingerprint density at radius 2 is 1.85 bits per heavy atom. The van der Waals surface area contributed by atoms with Gasteiger partial charge in [-0.25, -0.2) is 9.78 Å². The van der Waals surface area contributed by atoms with Crippen LogP contribution in [-0.2, 0) is 9.47 Å². The quantitative estimate of drug-likeness (QED) is 0.182. The molecule has 0 saturated carbocycles. The van der Waals surface area contributed by atoms with Crippen molar-refractivity contribution in [2.45, 2.75) is 32.6 Å². The first-order valence-corrected chi connectivity index (χ1v) is 14.9. The standard InChI is InChI=1S/C25H32N4O4Si/c1-5-32-25(30)23-17-29-16-21(10-11-24(29)28-23)33-20-8-6-19(7-9-20)22(12-13-26)27-18-31-14-15-34(2,3)4/h6-13,16-17H,5,14-15,18,26H2,1-4H3. The number of imidazole rings is 1. The molecule has 0 aliphatic carbocycles. The lowest BCUT2D eigenvalue weighted by molar-refractivity contribution is 0.0520. The van der Waals surface area contributed by atoms with Crippen molar-refractivity contribution >= 4 is 25.4 Å². The summed E-state index contributed by atoms with van der Waals surface area (Å²) in [5, 5.41) is 0. The second-order valence-electron chi connectivity index (χ2n) is 8.85. The number of aromatic nitrogens is 2. The van der Waals surface area contributed by atoms with Crippen LogP contribution < -0.4 is 10.5 Å². The van der Waals surface area contributed by atoms with Crippen LogP contribution in [0.5, 0.6) is 11.5 Å². The Kier molecular flexibility index (Phi) is 8.61. The Balaban J connectivity index is 1.66. The van der Waals surface area contributed by atoms with Gasteiger partial charge >= 0.3 is 5.97 Å². The third kappa shape index (κ3) is 7.29. The molecule has 0 atom stereocenters. The summed E-state index contributed by atoms with van der Waals surface area (Å²) >= 11 is 0. The van der Waals surface area contributed by atoms with Gasteiger partial charge in [0.1, 0.15) is 23.9 Å². The van der Waals surface area contributed by atoms with E-state index in [1.165, 1.54) is 6.20 Å². The Hall–Kier alpha value is -3.43. The van der Waals surface area contributed by atoms with Crippen LogP contribution in [0.4, 0.5) is 0 Å². The van der Waals surface area contributed by atoms with Crippen molar-refractivity contribution in [1.82, 2.24) is 9.38 Å². The number of ether oxygens (including phenoxy) is 3. The van der Waals surface area contributed by atoms with Gasteiger partial charge in [0.25, 0.3) is 0 Å². The van der Waals surface area contributed by atoms with Gasteiger partial charge < -0.3 is 24.3 Å². The van der Waals surface area contributed by atoms with Crippen LogP contribution in [0.25, 0.3) is 5.65 Å². The minimum absolute atomic E-state index is 0.257. The van der Waals surface area contributed by atoms with Gasteiger partial charge in [-0.1, -0.05) is 19.6 Å². The van der Waals surface area contributed by atoms with Gasteiger partial charge in [0.05, 0.1) is 18.5 Å². The van der Waals surface area contributed by atoms with Gasteiger partial charge in [0.2, 0.25) is 0 Å². The third-order valence-corrected chi connectivity index (χ3v) is 6.58. The highest BCUT2D eigenvalue weighted by Gasteiger charge is 2.13. The summed E-state index contributed by atoms with van der Waals surface area (Å²) in [7, 11) is -1.12. The molecule has 34 heavy (non-hydrogen) atoms. The second kappa shape index (κ2) is 11.6. The zero-order chi connectivity index (χ0) is 24.6. The van der Waals surface area contributed by atoms with E-state index in [2.05, 4.69) is 29.6 Å². The third-order valence-electron chi connectivity index (χ3n) is 4.87. The number of rotatable bonds is 11. The molecule has 2 aromatic heterocycles. The molecule has 0 aliphatic heterocycles. The maximum Gasteiger partial charge on any atom is 0.358 e. The Labute approximate surface area is 201 Å². The molecule has 0 spiro atoms. The lowest BCUT2D eigenvalue weighted by Crippen LogP contribution is -2.21. The number of nitrogens with zero attached hydrogens (tertiary/aromatic N) is 3. The summed E-state index contributed by atoms with van der Waals surface area (Å²) in [6, 6.07) is 12.3. The minimum atomic E-state index is -1.12. The molecule has 2 N–H and O–H groups in total. The number of allylic oxidation sites excluding steroid dienone is 1. The minimum Gasteiger partial charge on any atom is -0.461 e. The lowest BCUT2D eigenvalue weighted by Gasteiger charge is -2.14. The van der Waals surface area contributed by atoms with Crippen molar-refractivity contribution in [3.8, 4) is 11.5 Å². The summed E-state index contributed by atoms with van der Waals surface area (Å²) < 4.78 is 18.4. The van der Waals surface area contributed by atoms with E-state index >= 15 is 0 Å². The van der Waals surface area contributed by atoms with Crippen LogP contribution in [0, 0.1) is 0 Å². The van der Waals surface area contributed by atoms with Crippen molar-refractivity contribution < 1.29 is 19.0 Å². The molecular formula is C25H32N4O4Si. The monoisotopic (exact) mass is 480 g/mol. The Morgan fingerprint density at radius 3 is 2.53 bits per heavy atom. The molecule has 0 amide bonds. The van der Waals surface area contributed by atoms with Crippen LogP contribution >= 0.6 is 0 Å². The average molecular weight is 481 g/mol. The molecule has 180 valence electrons. The number of hydrogen-bond acceptors (Lipinski definition) is 7. The lowest BCUT2D eigenvalue weighted by atomic mass is 10.1. The number of carbonyl (C=O) groups excluding carboxylic acids is 1. The molecule has 8 nitrogen and oxygen atoms in total. The summed E-state index contributed by atoms with van der Waals surface area (Å²) in [4.78, 5) is 20.7. The number of nitrogens with two attached hydrogens (primary N) is 1. The first-order valence-electron chi connectivity index (χ1n) is 11.2. The summed E-state index contributed by atoms with van der Waals surface area (Å²) in [5.41, 5.74) is 8.15. The van der Waals surface area contributed by atoms with Crippen molar-refractivity contribution in [3.05, 3.63) is 72.3 Å². The van der Waals surface area contributed by atoms with E-state index in [1.807, 2.05) is 24.3 Å². The molecule has 1 aromatic carbocycles. The fraction of sp³-hybridized carbons (Fsp3) is 0.320.